The molecule has 1 rings (SSSR count). The predicted molar refractivity (Wildman–Crippen MR) is 67.6 cm³/mol. The molecule has 0 fully saturated rings. The zero-order chi connectivity index (χ0) is 13.2. The van der Waals surface area contributed by atoms with Crippen LogP contribution >= 0.6 is 0 Å². The van der Waals surface area contributed by atoms with E-state index >= 15 is 0 Å². The van der Waals surface area contributed by atoms with Gasteiger partial charge in [-0.05, 0) is 11.6 Å². The first-order valence-corrected chi connectivity index (χ1v) is 5.84. The van der Waals surface area contributed by atoms with E-state index in [1.54, 1.807) is 20.4 Å². The Kier molecular flexibility index (Phi) is 6.96. The fraction of sp³-hybridized carbons (Fsp3) is 0.538. The summed E-state index contributed by atoms with van der Waals surface area (Å²) in [5, 5.41) is 8.68. The third-order valence-electron chi connectivity index (χ3n) is 2.60. The van der Waals surface area contributed by atoms with E-state index in [9.17, 15) is 0 Å². The van der Waals surface area contributed by atoms with E-state index in [-0.39, 0.29) is 6.29 Å². The summed E-state index contributed by atoms with van der Waals surface area (Å²) in [6.45, 7) is 2.05. The molecule has 0 radical (unpaired) electrons. The monoisotopic (exact) mass is 249 g/mol. The summed E-state index contributed by atoms with van der Waals surface area (Å²) in [6.07, 6.45) is 3.78. The van der Waals surface area contributed by atoms with Gasteiger partial charge in [0.15, 0.2) is 6.29 Å². The first kappa shape index (κ1) is 14.6. The molecule has 18 heavy (non-hydrogen) atoms. The van der Waals surface area contributed by atoms with Crippen molar-refractivity contribution in [1.82, 2.24) is 9.88 Å². The Balaban J connectivity index is 2.57. The van der Waals surface area contributed by atoms with Crippen LogP contribution in [0.15, 0.2) is 24.5 Å². The summed E-state index contributed by atoms with van der Waals surface area (Å²) in [4.78, 5) is 6.21. The van der Waals surface area contributed by atoms with Crippen LogP contribution < -0.4 is 0 Å². The highest BCUT2D eigenvalue weighted by molar-refractivity contribution is 5.08. The van der Waals surface area contributed by atoms with Crippen molar-refractivity contribution in [2.45, 2.75) is 19.3 Å². The van der Waals surface area contributed by atoms with Gasteiger partial charge in [0.2, 0.25) is 0 Å². The largest absolute Gasteiger partial charge is 0.355 e. The van der Waals surface area contributed by atoms with Gasteiger partial charge in [0, 0.05) is 52.7 Å². The highest BCUT2D eigenvalue weighted by Gasteiger charge is 2.13. The summed E-state index contributed by atoms with van der Waals surface area (Å²) in [5.41, 5.74) is 1.11. The molecular formula is C13H19N3O2. The Bertz CT molecular complexity index is 360. The SMILES string of the molecule is COC(CN(CCC#N)Cc1cccnc1)OC. The lowest BCUT2D eigenvalue weighted by atomic mass is 10.2. The maximum atomic E-state index is 8.68. The van der Waals surface area contributed by atoms with Crippen LogP contribution in [0.1, 0.15) is 12.0 Å². The quantitative estimate of drug-likeness (QED) is 0.652. The van der Waals surface area contributed by atoms with Gasteiger partial charge < -0.3 is 9.47 Å². The molecule has 0 aliphatic rings. The number of nitrogens with zero attached hydrogens (tertiary/aromatic N) is 3. The number of nitriles is 1. The number of aromatic nitrogens is 1. The number of pyridine rings is 1. The van der Waals surface area contributed by atoms with Crippen molar-refractivity contribution in [3.63, 3.8) is 0 Å². The molecule has 1 aromatic heterocycles. The predicted octanol–water partition coefficient (Wildman–Crippen LogP) is 1.42. The van der Waals surface area contributed by atoms with Crippen molar-refractivity contribution in [1.29, 1.82) is 5.26 Å². The Morgan fingerprint density at radius 2 is 2.22 bits per heavy atom. The van der Waals surface area contributed by atoms with Gasteiger partial charge in [-0.3, -0.25) is 9.88 Å². The second kappa shape index (κ2) is 8.59. The molecule has 1 heterocycles. The molecule has 0 aliphatic carbocycles. The third kappa shape index (κ3) is 5.23. The van der Waals surface area contributed by atoms with Crippen molar-refractivity contribution in [2.24, 2.45) is 0 Å². The number of hydrogen-bond donors (Lipinski definition) is 0. The lowest BCUT2D eigenvalue weighted by molar-refractivity contribution is -0.117. The van der Waals surface area contributed by atoms with Crippen molar-refractivity contribution >= 4 is 0 Å². The van der Waals surface area contributed by atoms with E-state index in [0.29, 0.717) is 19.5 Å². The second-order valence-electron chi connectivity index (χ2n) is 3.91. The van der Waals surface area contributed by atoms with Crippen molar-refractivity contribution in [3.8, 4) is 6.07 Å². The van der Waals surface area contributed by atoms with Gasteiger partial charge in [0.1, 0.15) is 0 Å². The van der Waals surface area contributed by atoms with Crippen molar-refractivity contribution < 1.29 is 9.47 Å². The van der Waals surface area contributed by atoms with Gasteiger partial charge >= 0.3 is 0 Å². The average Bonchev–Trinajstić information content (AvgIpc) is 2.42. The van der Waals surface area contributed by atoms with Crippen LogP contribution in [0, 0.1) is 11.3 Å². The lowest BCUT2D eigenvalue weighted by Gasteiger charge is -2.25. The molecule has 0 unspecified atom stereocenters. The van der Waals surface area contributed by atoms with Gasteiger partial charge in [-0.2, -0.15) is 5.26 Å². The van der Waals surface area contributed by atoms with E-state index in [2.05, 4.69) is 16.0 Å². The Labute approximate surface area is 108 Å². The smallest absolute Gasteiger partial charge is 0.169 e. The molecule has 5 nitrogen and oxygen atoms in total. The summed E-state index contributed by atoms with van der Waals surface area (Å²) < 4.78 is 10.4. The summed E-state index contributed by atoms with van der Waals surface area (Å²) in [7, 11) is 3.22. The molecule has 0 saturated carbocycles. The van der Waals surface area contributed by atoms with Crippen LogP contribution in [0.25, 0.3) is 0 Å². The van der Waals surface area contributed by atoms with Gasteiger partial charge in [-0.25, -0.2) is 0 Å². The second-order valence-corrected chi connectivity index (χ2v) is 3.91. The fourth-order valence-electron chi connectivity index (χ4n) is 1.65. The molecule has 0 N–H and O–H groups in total. The van der Waals surface area contributed by atoms with Gasteiger partial charge in [0.05, 0.1) is 6.07 Å². The zero-order valence-corrected chi connectivity index (χ0v) is 10.9. The van der Waals surface area contributed by atoms with Crippen molar-refractivity contribution in [2.75, 3.05) is 27.3 Å². The van der Waals surface area contributed by atoms with E-state index < -0.39 is 0 Å². The molecule has 5 heteroatoms. The van der Waals surface area contributed by atoms with Crippen LogP contribution in [-0.4, -0.2) is 43.5 Å². The molecule has 0 amide bonds. The van der Waals surface area contributed by atoms with Gasteiger partial charge in [-0.1, -0.05) is 6.07 Å². The molecule has 0 spiro atoms. The minimum Gasteiger partial charge on any atom is -0.355 e. The van der Waals surface area contributed by atoms with Crippen LogP contribution in [0.4, 0.5) is 0 Å². The Hall–Kier alpha value is -1.48. The maximum absolute atomic E-state index is 8.68. The van der Waals surface area contributed by atoms with Gasteiger partial charge in [-0.15, -0.1) is 0 Å². The van der Waals surface area contributed by atoms with Crippen molar-refractivity contribution in [3.05, 3.63) is 30.1 Å². The van der Waals surface area contributed by atoms with E-state index in [4.69, 9.17) is 14.7 Å². The minimum absolute atomic E-state index is 0.277. The van der Waals surface area contributed by atoms with Crippen LogP contribution in [-0.2, 0) is 16.0 Å². The molecule has 98 valence electrons. The van der Waals surface area contributed by atoms with E-state index in [0.717, 1.165) is 12.1 Å². The lowest BCUT2D eigenvalue weighted by Crippen LogP contribution is -2.34. The number of hydrogen-bond acceptors (Lipinski definition) is 5. The standard InChI is InChI=1S/C13H19N3O2/c1-17-13(18-2)11-16(8-4-6-14)10-12-5-3-7-15-9-12/h3,5,7,9,13H,4,8,10-11H2,1-2H3. The third-order valence-corrected chi connectivity index (χ3v) is 2.60. The van der Waals surface area contributed by atoms with Crippen LogP contribution in [0.5, 0.6) is 0 Å². The Morgan fingerprint density at radius 3 is 2.78 bits per heavy atom. The molecule has 0 bridgehead atoms. The minimum atomic E-state index is -0.277. The Morgan fingerprint density at radius 1 is 1.44 bits per heavy atom. The fourth-order valence-corrected chi connectivity index (χ4v) is 1.65. The number of ether oxygens (including phenoxy) is 2. The summed E-state index contributed by atoms with van der Waals surface area (Å²) >= 11 is 0. The van der Waals surface area contributed by atoms with Gasteiger partial charge in [0.25, 0.3) is 0 Å². The van der Waals surface area contributed by atoms with Crippen LogP contribution in [0.2, 0.25) is 0 Å². The first-order valence-electron chi connectivity index (χ1n) is 5.84. The molecule has 0 saturated heterocycles. The first-order chi connectivity index (χ1) is 8.80. The normalized spacial score (nSPS) is 10.8. The average molecular weight is 249 g/mol. The summed E-state index contributed by atoms with van der Waals surface area (Å²) in [6, 6.07) is 6.07. The number of methoxy groups -OCH3 is 2. The maximum Gasteiger partial charge on any atom is 0.169 e. The molecule has 0 aliphatic heterocycles. The van der Waals surface area contributed by atoms with Crippen LogP contribution in [0.3, 0.4) is 0 Å². The highest BCUT2D eigenvalue weighted by atomic mass is 16.7. The van der Waals surface area contributed by atoms with E-state index in [1.807, 2.05) is 18.3 Å². The molecule has 0 atom stereocenters. The summed E-state index contributed by atoms with van der Waals surface area (Å²) in [5.74, 6) is 0. The molecular weight excluding hydrogens is 230 g/mol. The molecule has 1 aromatic rings. The highest BCUT2D eigenvalue weighted by Crippen LogP contribution is 2.06. The van der Waals surface area contributed by atoms with E-state index in [1.165, 1.54) is 0 Å². The zero-order valence-electron chi connectivity index (χ0n) is 10.9. The topological polar surface area (TPSA) is 58.4 Å². The number of rotatable bonds is 8. The molecule has 0 aromatic carbocycles.